The van der Waals surface area contributed by atoms with E-state index >= 15 is 0 Å². The first-order valence-corrected chi connectivity index (χ1v) is 9.84. The van der Waals surface area contributed by atoms with Crippen LogP contribution in [0.15, 0.2) is 66.7 Å². The molecule has 0 radical (unpaired) electrons. The van der Waals surface area contributed by atoms with Crippen molar-refractivity contribution in [2.24, 2.45) is 0 Å². The first-order chi connectivity index (χ1) is 15.5. The monoisotopic (exact) mass is 440 g/mol. The van der Waals surface area contributed by atoms with Gasteiger partial charge in [-0.3, -0.25) is 9.59 Å². The van der Waals surface area contributed by atoms with Crippen molar-refractivity contribution in [3.05, 3.63) is 95.1 Å². The summed E-state index contributed by atoms with van der Waals surface area (Å²) in [7, 11) is 1.48. The minimum Gasteiger partial charge on any atom is -0.493 e. The van der Waals surface area contributed by atoms with Gasteiger partial charge in [-0.05, 0) is 35.9 Å². The summed E-state index contributed by atoms with van der Waals surface area (Å²) < 4.78 is 38.3. The molecular weight excluding hydrogens is 418 g/mol. The number of carbonyl (C=O) groups excluding carboxylic acids is 2. The summed E-state index contributed by atoms with van der Waals surface area (Å²) in [6.45, 7) is 0.411. The van der Waals surface area contributed by atoms with Gasteiger partial charge in [0.05, 0.1) is 7.11 Å². The van der Waals surface area contributed by atoms with Crippen LogP contribution < -0.4 is 20.1 Å². The van der Waals surface area contributed by atoms with Crippen molar-refractivity contribution >= 4 is 11.8 Å². The summed E-state index contributed by atoms with van der Waals surface area (Å²) in [6.07, 6.45) is 0. The zero-order valence-electron chi connectivity index (χ0n) is 17.4. The quantitative estimate of drug-likeness (QED) is 0.498. The molecule has 8 heteroatoms. The van der Waals surface area contributed by atoms with Crippen molar-refractivity contribution in [3.8, 4) is 11.5 Å². The maximum Gasteiger partial charge on any atom is 0.257 e. The summed E-state index contributed by atoms with van der Waals surface area (Å²) in [5, 5.41) is 5.00. The van der Waals surface area contributed by atoms with Gasteiger partial charge in [-0.1, -0.05) is 36.4 Å². The fourth-order valence-electron chi connectivity index (χ4n) is 2.92. The molecule has 166 valence electrons. The molecule has 0 aliphatic carbocycles. The largest absolute Gasteiger partial charge is 0.493 e. The van der Waals surface area contributed by atoms with E-state index in [1.54, 1.807) is 18.2 Å². The van der Waals surface area contributed by atoms with Crippen LogP contribution >= 0.6 is 0 Å². The summed E-state index contributed by atoms with van der Waals surface area (Å²) in [6, 6.07) is 17.6. The second-order valence-corrected chi connectivity index (χ2v) is 6.75. The van der Waals surface area contributed by atoms with Gasteiger partial charge in [0.25, 0.3) is 11.8 Å². The molecule has 0 aliphatic rings. The van der Waals surface area contributed by atoms with E-state index in [0.717, 1.165) is 17.7 Å². The van der Waals surface area contributed by atoms with Gasteiger partial charge in [0.2, 0.25) is 0 Å². The average Bonchev–Trinajstić information content (AvgIpc) is 2.80. The fraction of sp³-hybridized carbons (Fsp3) is 0.167. The number of nitrogens with one attached hydrogen (secondary N) is 2. The third kappa shape index (κ3) is 5.81. The summed E-state index contributed by atoms with van der Waals surface area (Å²) in [5.74, 6) is -2.30. The molecule has 0 heterocycles. The zero-order chi connectivity index (χ0) is 22.9. The molecule has 0 unspecified atom stereocenters. The van der Waals surface area contributed by atoms with Crippen molar-refractivity contribution in [3.63, 3.8) is 0 Å². The third-order valence-corrected chi connectivity index (χ3v) is 4.55. The van der Waals surface area contributed by atoms with E-state index in [0.29, 0.717) is 23.7 Å². The van der Waals surface area contributed by atoms with Crippen LogP contribution in [0.5, 0.6) is 11.5 Å². The number of hydrogen-bond donors (Lipinski definition) is 2. The number of halogens is 2. The van der Waals surface area contributed by atoms with Crippen molar-refractivity contribution in [1.29, 1.82) is 0 Å². The summed E-state index contributed by atoms with van der Waals surface area (Å²) in [4.78, 5) is 24.3. The molecule has 0 bridgehead atoms. The molecule has 2 amide bonds. The summed E-state index contributed by atoms with van der Waals surface area (Å²) in [5.41, 5.74) is 0.670. The van der Waals surface area contributed by atoms with E-state index in [-0.39, 0.29) is 13.1 Å². The van der Waals surface area contributed by atoms with E-state index < -0.39 is 29.0 Å². The van der Waals surface area contributed by atoms with E-state index in [4.69, 9.17) is 9.47 Å². The number of ether oxygens (including phenoxy) is 2. The van der Waals surface area contributed by atoms with Gasteiger partial charge in [0.1, 0.15) is 23.8 Å². The van der Waals surface area contributed by atoms with Gasteiger partial charge in [-0.2, -0.15) is 0 Å². The van der Waals surface area contributed by atoms with Crippen LogP contribution in [0, 0.1) is 11.6 Å². The zero-order valence-corrected chi connectivity index (χ0v) is 17.4. The fourth-order valence-corrected chi connectivity index (χ4v) is 2.92. The molecule has 3 rings (SSSR count). The van der Waals surface area contributed by atoms with Crippen LogP contribution in [0.4, 0.5) is 8.78 Å². The van der Waals surface area contributed by atoms with Gasteiger partial charge < -0.3 is 20.1 Å². The highest BCUT2D eigenvalue weighted by molar-refractivity contribution is 5.95. The maximum atomic E-state index is 13.6. The lowest BCUT2D eigenvalue weighted by molar-refractivity contribution is 0.0922. The van der Waals surface area contributed by atoms with E-state index in [9.17, 15) is 18.4 Å². The smallest absolute Gasteiger partial charge is 0.257 e. The lowest BCUT2D eigenvalue weighted by Crippen LogP contribution is -2.35. The number of benzene rings is 3. The summed E-state index contributed by atoms with van der Waals surface area (Å²) >= 11 is 0. The van der Waals surface area contributed by atoms with Gasteiger partial charge in [0, 0.05) is 18.7 Å². The predicted octanol–water partition coefficient (Wildman–Crippen LogP) is 3.71. The molecule has 2 N–H and O–H groups in total. The Balaban J connectivity index is 1.52. The Hall–Kier alpha value is -3.94. The molecule has 3 aromatic rings. The van der Waals surface area contributed by atoms with Crippen molar-refractivity contribution in [2.45, 2.75) is 6.61 Å². The molecule has 0 saturated carbocycles. The van der Waals surface area contributed by atoms with Gasteiger partial charge in [-0.25, -0.2) is 8.78 Å². The molecule has 3 aromatic carbocycles. The van der Waals surface area contributed by atoms with Crippen LogP contribution in [0.25, 0.3) is 0 Å². The highest BCUT2D eigenvalue weighted by Crippen LogP contribution is 2.28. The third-order valence-electron chi connectivity index (χ3n) is 4.55. The van der Waals surface area contributed by atoms with Crippen molar-refractivity contribution in [1.82, 2.24) is 10.6 Å². The average molecular weight is 440 g/mol. The molecule has 6 nitrogen and oxygen atoms in total. The van der Waals surface area contributed by atoms with Crippen LogP contribution in [0.3, 0.4) is 0 Å². The number of methoxy groups -OCH3 is 1. The lowest BCUT2D eigenvalue weighted by atomic mass is 10.2. The minimum atomic E-state index is -0.951. The molecule has 0 fully saturated rings. The number of hydrogen-bond acceptors (Lipinski definition) is 4. The van der Waals surface area contributed by atoms with Gasteiger partial charge >= 0.3 is 0 Å². The highest BCUT2D eigenvalue weighted by Gasteiger charge is 2.16. The van der Waals surface area contributed by atoms with Crippen molar-refractivity contribution in [2.75, 3.05) is 20.2 Å². The number of rotatable bonds is 9. The van der Waals surface area contributed by atoms with Gasteiger partial charge in [-0.15, -0.1) is 0 Å². The first-order valence-electron chi connectivity index (χ1n) is 9.84. The normalized spacial score (nSPS) is 10.3. The van der Waals surface area contributed by atoms with Crippen LogP contribution in [0.2, 0.25) is 0 Å². The van der Waals surface area contributed by atoms with Crippen LogP contribution in [-0.4, -0.2) is 32.0 Å². The topological polar surface area (TPSA) is 76.7 Å². The molecule has 0 aromatic heterocycles. The standard InChI is InChI=1S/C24H22F2N2O4/c1-31-21-14-17(10-11-20(21)32-15-16-6-3-2-4-7-16)23(29)27-12-13-28-24(30)22-18(25)8-5-9-19(22)26/h2-11,14H,12-13,15H2,1H3,(H,27,29)(H,28,30). The van der Waals surface area contributed by atoms with Crippen LogP contribution in [0.1, 0.15) is 26.3 Å². The van der Waals surface area contributed by atoms with E-state index in [2.05, 4.69) is 10.6 Å². The molecule has 0 spiro atoms. The molecule has 0 aliphatic heterocycles. The Morgan fingerprint density at radius 2 is 1.47 bits per heavy atom. The lowest BCUT2D eigenvalue weighted by Gasteiger charge is -2.13. The Bertz CT molecular complexity index is 1070. The highest BCUT2D eigenvalue weighted by atomic mass is 19.1. The van der Waals surface area contributed by atoms with Crippen molar-refractivity contribution < 1.29 is 27.8 Å². The number of carbonyl (C=O) groups is 2. The Kier molecular flexibility index (Phi) is 7.75. The Morgan fingerprint density at radius 3 is 2.12 bits per heavy atom. The SMILES string of the molecule is COc1cc(C(=O)NCCNC(=O)c2c(F)cccc2F)ccc1OCc1ccccc1. The molecule has 32 heavy (non-hydrogen) atoms. The Labute approximate surface area is 184 Å². The minimum absolute atomic E-state index is 0.00620. The Morgan fingerprint density at radius 1 is 0.812 bits per heavy atom. The molecule has 0 atom stereocenters. The maximum absolute atomic E-state index is 13.6. The second-order valence-electron chi connectivity index (χ2n) is 6.75. The second kappa shape index (κ2) is 10.9. The van der Waals surface area contributed by atoms with Crippen LogP contribution in [-0.2, 0) is 6.61 Å². The molecule has 0 saturated heterocycles. The predicted molar refractivity (Wildman–Crippen MR) is 115 cm³/mol. The van der Waals surface area contributed by atoms with E-state index in [1.807, 2.05) is 30.3 Å². The van der Waals surface area contributed by atoms with E-state index in [1.165, 1.54) is 13.2 Å². The molecular formula is C24H22F2N2O4. The number of amides is 2. The van der Waals surface area contributed by atoms with Gasteiger partial charge in [0.15, 0.2) is 11.5 Å². The first kappa shape index (κ1) is 22.7.